The zero-order valence-electron chi connectivity index (χ0n) is 20.1. The van der Waals surface area contributed by atoms with Gasteiger partial charge in [0.15, 0.2) is 5.82 Å². The Hall–Kier alpha value is -4.14. The second-order valence-electron chi connectivity index (χ2n) is 7.93. The molecular formula is C26H31N7O2. The summed E-state index contributed by atoms with van der Waals surface area (Å²) in [7, 11) is 0. The number of pyridine rings is 1. The van der Waals surface area contributed by atoms with Crippen molar-refractivity contribution in [1.29, 1.82) is 0 Å². The first-order valence-electron chi connectivity index (χ1n) is 11.9. The summed E-state index contributed by atoms with van der Waals surface area (Å²) in [5.41, 5.74) is 5.10. The van der Waals surface area contributed by atoms with Crippen LogP contribution in [0.5, 0.6) is 11.8 Å². The summed E-state index contributed by atoms with van der Waals surface area (Å²) >= 11 is 0. The zero-order valence-corrected chi connectivity index (χ0v) is 20.1. The standard InChI is InChI=1S/C26H31N7O2/c1-3-12-33(13-4-2)25-16-24(32-29-18-20-17-28-23-10-6-5-9-22(20)23)30-26(31-25)35-15-14-34-21-8-7-11-27-19-21/h5-11,16-19,28H,3-4,12-15H2,1-2H3,(H,30,31,32)/b29-18+. The molecule has 1 aromatic carbocycles. The highest BCUT2D eigenvalue weighted by Gasteiger charge is 2.12. The fourth-order valence-corrected chi connectivity index (χ4v) is 3.67. The molecule has 0 aliphatic heterocycles. The Morgan fingerprint density at radius 1 is 1.03 bits per heavy atom. The van der Waals surface area contributed by atoms with Gasteiger partial charge in [0.25, 0.3) is 0 Å². The quantitative estimate of drug-likeness (QED) is 0.162. The van der Waals surface area contributed by atoms with Crippen LogP contribution in [0.1, 0.15) is 32.3 Å². The third-order valence-corrected chi connectivity index (χ3v) is 5.22. The smallest absolute Gasteiger partial charge is 0.320 e. The predicted molar refractivity (Wildman–Crippen MR) is 140 cm³/mol. The largest absolute Gasteiger partial charge is 0.488 e. The molecule has 0 saturated heterocycles. The third kappa shape index (κ3) is 6.69. The van der Waals surface area contributed by atoms with E-state index in [2.05, 4.69) is 55.3 Å². The van der Waals surface area contributed by atoms with Crippen LogP contribution in [0.3, 0.4) is 0 Å². The maximum Gasteiger partial charge on any atom is 0.320 e. The minimum absolute atomic E-state index is 0.277. The van der Waals surface area contributed by atoms with Crippen LogP contribution in [0.25, 0.3) is 10.9 Å². The van der Waals surface area contributed by atoms with Crippen LogP contribution in [0, 0.1) is 0 Å². The Balaban J connectivity index is 1.47. The molecule has 0 atom stereocenters. The van der Waals surface area contributed by atoms with E-state index in [-0.39, 0.29) is 6.01 Å². The highest BCUT2D eigenvalue weighted by atomic mass is 16.5. The molecule has 0 bridgehead atoms. The molecule has 4 aromatic rings. The van der Waals surface area contributed by atoms with Gasteiger partial charge in [-0.3, -0.25) is 10.4 Å². The first-order valence-corrected chi connectivity index (χ1v) is 11.9. The number of anilines is 2. The van der Waals surface area contributed by atoms with Crippen molar-refractivity contribution < 1.29 is 9.47 Å². The highest BCUT2D eigenvalue weighted by Crippen LogP contribution is 2.21. The molecule has 9 nitrogen and oxygen atoms in total. The van der Waals surface area contributed by atoms with Crippen LogP contribution in [0.4, 0.5) is 11.6 Å². The van der Waals surface area contributed by atoms with E-state index in [4.69, 9.17) is 9.47 Å². The summed E-state index contributed by atoms with van der Waals surface area (Å²) in [5.74, 6) is 2.06. The average molecular weight is 474 g/mol. The molecule has 35 heavy (non-hydrogen) atoms. The van der Waals surface area contributed by atoms with Crippen LogP contribution in [-0.2, 0) is 0 Å². The summed E-state index contributed by atoms with van der Waals surface area (Å²) in [6.45, 7) is 6.76. The van der Waals surface area contributed by atoms with Gasteiger partial charge in [-0.2, -0.15) is 15.1 Å². The van der Waals surface area contributed by atoms with Crippen molar-refractivity contribution >= 4 is 28.8 Å². The summed E-state index contributed by atoms with van der Waals surface area (Å²) < 4.78 is 11.5. The van der Waals surface area contributed by atoms with Crippen molar-refractivity contribution in [2.75, 3.05) is 36.6 Å². The van der Waals surface area contributed by atoms with Gasteiger partial charge in [0.1, 0.15) is 24.8 Å². The van der Waals surface area contributed by atoms with Gasteiger partial charge >= 0.3 is 6.01 Å². The molecule has 0 spiro atoms. The summed E-state index contributed by atoms with van der Waals surface area (Å²) in [4.78, 5) is 18.7. The topological polar surface area (TPSA) is 101 Å². The Morgan fingerprint density at radius 2 is 1.86 bits per heavy atom. The highest BCUT2D eigenvalue weighted by molar-refractivity contribution is 5.99. The molecule has 0 amide bonds. The van der Waals surface area contributed by atoms with E-state index in [0.717, 1.165) is 48.2 Å². The first-order chi connectivity index (χ1) is 17.3. The zero-order chi connectivity index (χ0) is 24.3. The summed E-state index contributed by atoms with van der Waals surface area (Å²) in [6.07, 6.45) is 9.11. The third-order valence-electron chi connectivity index (χ3n) is 5.22. The van der Waals surface area contributed by atoms with Crippen molar-refractivity contribution in [3.05, 3.63) is 66.6 Å². The molecule has 0 unspecified atom stereocenters. The molecule has 2 N–H and O–H groups in total. The van der Waals surface area contributed by atoms with Gasteiger partial charge in [-0.05, 0) is 31.0 Å². The summed E-state index contributed by atoms with van der Waals surface area (Å²) in [6, 6.07) is 14.0. The van der Waals surface area contributed by atoms with E-state index in [1.807, 2.05) is 42.6 Å². The fraction of sp³-hybridized carbons (Fsp3) is 0.308. The van der Waals surface area contributed by atoms with Gasteiger partial charge in [0.05, 0.1) is 12.4 Å². The van der Waals surface area contributed by atoms with E-state index < -0.39 is 0 Å². The number of hydrogen-bond donors (Lipinski definition) is 2. The van der Waals surface area contributed by atoms with Gasteiger partial charge in [-0.25, -0.2) is 0 Å². The lowest BCUT2D eigenvalue weighted by Crippen LogP contribution is -2.26. The Labute approximate surface area is 205 Å². The minimum Gasteiger partial charge on any atom is -0.488 e. The van der Waals surface area contributed by atoms with Crippen molar-refractivity contribution in [3.8, 4) is 11.8 Å². The monoisotopic (exact) mass is 473 g/mol. The number of para-hydroxylation sites is 1. The van der Waals surface area contributed by atoms with Gasteiger partial charge in [0.2, 0.25) is 0 Å². The molecule has 0 aliphatic rings. The number of aromatic amines is 1. The number of nitrogens with zero attached hydrogens (tertiary/aromatic N) is 5. The molecule has 3 aromatic heterocycles. The lowest BCUT2D eigenvalue weighted by atomic mass is 10.2. The van der Waals surface area contributed by atoms with Crippen LogP contribution in [-0.4, -0.2) is 52.5 Å². The van der Waals surface area contributed by atoms with Crippen LogP contribution in [0.15, 0.2) is 66.2 Å². The molecule has 0 saturated carbocycles. The number of aromatic nitrogens is 4. The van der Waals surface area contributed by atoms with E-state index in [1.165, 1.54) is 0 Å². The molecular weight excluding hydrogens is 442 g/mol. The minimum atomic E-state index is 0.277. The predicted octanol–water partition coefficient (Wildman–Crippen LogP) is 4.88. The molecule has 0 aliphatic carbocycles. The molecule has 4 rings (SSSR count). The average Bonchev–Trinajstić information content (AvgIpc) is 3.30. The number of H-pyrrole nitrogens is 1. The number of fused-ring (bicyclic) bond motifs is 1. The number of nitrogens with one attached hydrogen (secondary N) is 2. The molecule has 0 radical (unpaired) electrons. The molecule has 182 valence electrons. The molecule has 0 fully saturated rings. The normalized spacial score (nSPS) is 11.1. The number of rotatable bonds is 13. The maximum absolute atomic E-state index is 5.83. The molecule has 3 heterocycles. The van der Waals surface area contributed by atoms with E-state index in [1.54, 1.807) is 18.6 Å². The first kappa shape index (κ1) is 24.0. The Kier molecular flexibility index (Phi) is 8.47. The van der Waals surface area contributed by atoms with Gasteiger partial charge in [0, 0.05) is 48.0 Å². The van der Waals surface area contributed by atoms with Crippen LogP contribution < -0.4 is 19.8 Å². The number of ether oxygens (including phenoxy) is 2. The van der Waals surface area contributed by atoms with Gasteiger partial charge < -0.3 is 19.4 Å². The van der Waals surface area contributed by atoms with Crippen molar-refractivity contribution in [1.82, 2.24) is 19.9 Å². The second-order valence-corrected chi connectivity index (χ2v) is 7.93. The SMILES string of the molecule is CCCN(CCC)c1cc(N/N=C/c2c[nH]c3ccccc23)nc(OCCOc2cccnc2)n1. The maximum atomic E-state index is 5.83. The lowest BCUT2D eigenvalue weighted by Gasteiger charge is -2.23. The Bertz CT molecular complexity index is 1220. The number of hydrazone groups is 1. The number of hydrogen-bond acceptors (Lipinski definition) is 8. The fourth-order valence-electron chi connectivity index (χ4n) is 3.67. The van der Waals surface area contributed by atoms with Crippen LogP contribution in [0.2, 0.25) is 0 Å². The van der Waals surface area contributed by atoms with E-state index in [0.29, 0.717) is 24.8 Å². The van der Waals surface area contributed by atoms with Crippen molar-refractivity contribution in [3.63, 3.8) is 0 Å². The Morgan fingerprint density at radius 3 is 2.66 bits per heavy atom. The number of benzene rings is 1. The van der Waals surface area contributed by atoms with Crippen LogP contribution >= 0.6 is 0 Å². The van der Waals surface area contributed by atoms with Crippen molar-refractivity contribution in [2.45, 2.75) is 26.7 Å². The summed E-state index contributed by atoms with van der Waals surface area (Å²) in [5, 5.41) is 5.52. The van der Waals surface area contributed by atoms with Crippen molar-refractivity contribution in [2.24, 2.45) is 5.10 Å². The molecule has 9 heteroatoms. The van der Waals surface area contributed by atoms with E-state index in [9.17, 15) is 0 Å². The van der Waals surface area contributed by atoms with Gasteiger partial charge in [-0.1, -0.05) is 32.0 Å². The second kappa shape index (κ2) is 12.4. The van der Waals surface area contributed by atoms with E-state index >= 15 is 0 Å². The van der Waals surface area contributed by atoms with Gasteiger partial charge in [-0.15, -0.1) is 0 Å². The lowest BCUT2D eigenvalue weighted by molar-refractivity contribution is 0.206.